The van der Waals surface area contributed by atoms with Gasteiger partial charge in [0.15, 0.2) is 0 Å². The third-order valence-electron chi connectivity index (χ3n) is 4.43. The number of nitrogens with one attached hydrogen (secondary N) is 1. The van der Waals surface area contributed by atoms with Gasteiger partial charge in [-0.1, -0.05) is 37.6 Å². The van der Waals surface area contributed by atoms with Crippen molar-refractivity contribution in [1.29, 1.82) is 0 Å². The quantitative estimate of drug-likeness (QED) is 0.764. The van der Waals surface area contributed by atoms with Crippen LogP contribution in [0.4, 0.5) is 0 Å². The van der Waals surface area contributed by atoms with E-state index in [1.54, 1.807) is 0 Å². The van der Waals surface area contributed by atoms with Crippen molar-refractivity contribution in [2.45, 2.75) is 58.5 Å². The summed E-state index contributed by atoms with van der Waals surface area (Å²) < 4.78 is 0. The highest BCUT2D eigenvalue weighted by Gasteiger charge is 2.18. The van der Waals surface area contributed by atoms with Crippen molar-refractivity contribution in [2.75, 3.05) is 19.6 Å². The molecule has 1 aromatic rings. The fraction of sp³-hybridized carbons (Fsp3) is 0.667. The molecule has 1 aliphatic heterocycles. The van der Waals surface area contributed by atoms with E-state index in [1.165, 1.54) is 43.4 Å². The van der Waals surface area contributed by atoms with E-state index in [1.807, 2.05) is 0 Å². The van der Waals surface area contributed by atoms with Gasteiger partial charge in [-0.2, -0.15) is 0 Å². The minimum Gasteiger partial charge on any atom is -0.316 e. The van der Waals surface area contributed by atoms with Gasteiger partial charge >= 0.3 is 0 Å². The molecule has 1 N–H and O–H groups in total. The van der Waals surface area contributed by atoms with Crippen LogP contribution in [0.25, 0.3) is 0 Å². The number of piperidine rings is 1. The Labute approximate surface area is 124 Å². The molecule has 1 fully saturated rings. The maximum Gasteiger partial charge on any atom is 0.0239 e. The van der Waals surface area contributed by atoms with Gasteiger partial charge in [0.25, 0.3) is 0 Å². The van der Waals surface area contributed by atoms with Crippen LogP contribution in [0.2, 0.25) is 0 Å². The lowest BCUT2D eigenvalue weighted by molar-refractivity contribution is 0.152. The average molecular weight is 274 g/mol. The standard InChI is InChI=1S/C18H30N2/c1-3-12-19-13-11-17-9-4-5-10-18(17)15-20-14-7-6-8-16(20)2/h4-5,9-10,16,19H,3,6-8,11-15H2,1-2H3. The molecule has 0 aromatic heterocycles. The summed E-state index contributed by atoms with van der Waals surface area (Å²) in [5.74, 6) is 0. The summed E-state index contributed by atoms with van der Waals surface area (Å²) in [6.07, 6.45) is 6.50. The van der Waals surface area contributed by atoms with Crippen LogP contribution in [0.5, 0.6) is 0 Å². The van der Waals surface area contributed by atoms with Crippen molar-refractivity contribution in [2.24, 2.45) is 0 Å². The number of likely N-dealkylation sites (tertiary alicyclic amines) is 1. The van der Waals surface area contributed by atoms with Crippen LogP contribution in [0.3, 0.4) is 0 Å². The van der Waals surface area contributed by atoms with Gasteiger partial charge in [0.2, 0.25) is 0 Å². The topological polar surface area (TPSA) is 15.3 Å². The molecule has 1 heterocycles. The molecule has 2 nitrogen and oxygen atoms in total. The zero-order chi connectivity index (χ0) is 14.2. The van der Waals surface area contributed by atoms with Crippen molar-refractivity contribution in [3.05, 3.63) is 35.4 Å². The fourth-order valence-corrected chi connectivity index (χ4v) is 3.09. The maximum atomic E-state index is 3.51. The molecule has 0 aliphatic carbocycles. The fourth-order valence-electron chi connectivity index (χ4n) is 3.09. The van der Waals surface area contributed by atoms with Crippen molar-refractivity contribution in [1.82, 2.24) is 10.2 Å². The second-order valence-electron chi connectivity index (χ2n) is 6.08. The first-order chi connectivity index (χ1) is 9.81. The van der Waals surface area contributed by atoms with E-state index in [-0.39, 0.29) is 0 Å². The number of hydrogen-bond acceptors (Lipinski definition) is 2. The number of nitrogens with zero attached hydrogens (tertiary/aromatic N) is 1. The van der Waals surface area contributed by atoms with Gasteiger partial charge in [-0.05, 0) is 63.4 Å². The SMILES string of the molecule is CCCNCCc1ccccc1CN1CCCCC1C. The van der Waals surface area contributed by atoms with Crippen molar-refractivity contribution in [3.8, 4) is 0 Å². The minimum atomic E-state index is 0.745. The Bertz CT molecular complexity index is 389. The summed E-state index contributed by atoms with van der Waals surface area (Å²) in [6.45, 7) is 9.23. The molecule has 1 aromatic carbocycles. The third kappa shape index (κ3) is 4.60. The van der Waals surface area contributed by atoms with Crippen molar-refractivity contribution < 1.29 is 0 Å². The zero-order valence-electron chi connectivity index (χ0n) is 13.2. The molecule has 2 heteroatoms. The molecule has 0 amide bonds. The molecule has 2 rings (SSSR count). The molecular weight excluding hydrogens is 244 g/mol. The van der Waals surface area contributed by atoms with Crippen LogP contribution in [-0.2, 0) is 13.0 Å². The lowest BCUT2D eigenvalue weighted by Crippen LogP contribution is -2.37. The largest absolute Gasteiger partial charge is 0.316 e. The van der Waals surface area contributed by atoms with E-state index >= 15 is 0 Å². The molecular formula is C18H30N2. The van der Waals surface area contributed by atoms with E-state index < -0.39 is 0 Å². The molecule has 0 radical (unpaired) electrons. The van der Waals surface area contributed by atoms with Gasteiger partial charge in [-0.25, -0.2) is 0 Å². The molecule has 1 unspecified atom stereocenters. The second kappa shape index (κ2) is 8.43. The first-order valence-electron chi connectivity index (χ1n) is 8.32. The summed E-state index contributed by atoms with van der Waals surface area (Å²) in [5.41, 5.74) is 3.05. The smallest absolute Gasteiger partial charge is 0.0239 e. The predicted molar refractivity (Wildman–Crippen MR) is 87.0 cm³/mol. The van der Waals surface area contributed by atoms with Gasteiger partial charge in [0.1, 0.15) is 0 Å². The Kier molecular flexibility index (Phi) is 6.55. The summed E-state index contributed by atoms with van der Waals surface area (Å²) >= 11 is 0. The van der Waals surface area contributed by atoms with Gasteiger partial charge in [0, 0.05) is 12.6 Å². The Balaban J connectivity index is 1.92. The van der Waals surface area contributed by atoms with Crippen molar-refractivity contribution >= 4 is 0 Å². The van der Waals surface area contributed by atoms with E-state index in [9.17, 15) is 0 Å². The first-order valence-corrected chi connectivity index (χ1v) is 8.32. The highest BCUT2D eigenvalue weighted by Crippen LogP contribution is 2.20. The van der Waals surface area contributed by atoms with E-state index in [4.69, 9.17) is 0 Å². The lowest BCUT2D eigenvalue weighted by Gasteiger charge is -2.33. The number of benzene rings is 1. The number of rotatable bonds is 7. The molecule has 1 saturated heterocycles. The summed E-state index contributed by atoms with van der Waals surface area (Å²) in [5, 5.41) is 3.51. The van der Waals surface area contributed by atoms with Crippen LogP contribution in [0.15, 0.2) is 24.3 Å². The molecule has 20 heavy (non-hydrogen) atoms. The van der Waals surface area contributed by atoms with Crippen LogP contribution in [-0.4, -0.2) is 30.6 Å². The Morgan fingerprint density at radius 2 is 1.95 bits per heavy atom. The average Bonchev–Trinajstić information content (AvgIpc) is 2.47. The highest BCUT2D eigenvalue weighted by atomic mass is 15.2. The summed E-state index contributed by atoms with van der Waals surface area (Å²) in [4.78, 5) is 2.65. The van der Waals surface area contributed by atoms with E-state index in [0.717, 1.165) is 32.1 Å². The normalized spacial score (nSPS) is 20.2. The first kappa shape index (κ1) is 15.5. The van der Waals surface area contributed by atoms with Crippen LogP contribution >= 0.6 is 0 Å². The maximum absolute atomic E-state index is 3.51. The van der Waals surface area contributed by atoms with Gasteiger partial charge in [0.05, 0.1) is 0 Å². The molecule has 112 valence electrons. The Morgan fingerprint density at radius 3 is 2.70 bits per heavy atom. The molecule has 1 aliphatic rings. The Morgan fingerprint density at radius 1 is 1.15 bits per heavy atom. The molecule has 0 saturated carbocycles. The third-order valence-corrected chi connectivity index (χ3v) is 4.43. The lowest BCUT2D eigenvalue weighted by atomic mass is 10.00. The van der Waals surface area contributed by atoms with Gasteiger partial charge in [-0.3, -0.25) is 4.90 Å². The monoisotopic (exact) mass is 274 g/mol. The van der Waals surface area contributed by atoms with Crippen molar-refractivity contribution in [3.63, 3.8) is 0 Å². The second-order valence-corrected chi connectivity index (χ2v) is 6.08. The van der Waals surface area contributed by atoms with Crippen LogP contribution in [0.1, 0.15) is 50.7 Å². The van der Waals surface area contributed by atoms with Gasteiger partial charge in [-0.15, -0.1) is 0 Å². The highest BCUT2D eigenvalue weighted by molar-refractivity contribution is 5.27. The van der Waals surface area contributed by atoms with Crippen LogP contribution in [0, 0.1) is 0 Å². The molecule has 0 spiro atoms. The Hall–Kier alpha value is -0.860. The predicted octanol–water partition coefficient (Wildman–Crippen LogP) is 3.60. The summed E-state index contributed by atoms with van der Waals surface area (Å²) in [6, 6.07) is 9.73. The molecule has 0 bridgehead atoms. The van der Waals surface area contributed by atoms with Gasteiger partial charge < -0.3 is 5.32 Å². The minimum absolute atomic E-state index is 0.745. The summed E-state index contributed by atoms with van der Waals surface area (Å²) in [7, 11) is 0. The zero-order valence-corrected chi connectivity index (χ0v) is 13.2. The number of hydrogen-bond donors (Lipinski definition) is 1. The van der Waals surface area contributed by atoms with E-state index in [2.05, 4.69) is 48.3 Å². The van der Waals surface area contributed by atoms with Crippen LogP contribution < -0.4 is 5.32 Å². The van der Waals surface area contributed by atoms with E-state index in [0.29, 0.717) is 0 Å². The molecule has 1 atom stereocenters.